The number of carbonyl (C=O) groups is 2. The van der Waals surface area contributed by atoms with Gasteiger partial charge in [0.15, 0.2) is 0 Å². The van der Waals surface area contributed by atoms with Gasteiger partial charge in [0.2, 0.25) is 5.91 Å². The van der Waals surface area contributed by atoms with Crippen LogP contribution < -0.4 is 10.6 Å². The Balaban J connectivity index is 2.40. The first-order chi connectivity index (χ1) is 7.54. The van der Waals surface area contributed by atoms with Crippen LogP contribution in [-0.4, -0.2) is 23.9 Å². The van der Waals surface area contributed by atoms with Gasteiger partial charge in [0, 0.05) is 6.04 Å². The molecule has 0 aliphatic heterocycles. The first-order valence-corrected chi connectivity index (χ1v) is 6.24. The minimum atomic E-state index is -0.462. The van der Waals surface area contributed by atoms with Crippen molar-refractivity contribution < 1.29 is 9.59 Å². The molecule has 0 aromatic carbocycles. The number of alkyl halides is 1. The van der Waals surface area contributed by atoms with Crippen molar-refractivity contribution in [3.8, 4) is 0 Å². The smallest absolute Gasteiger partial charge is 0.321 e. The Labute approximate surface area is 101 Å². The maximum atomic E-state index is 11.4. The Morgan fingerprint density at radius 2 is 2.00 bits per heavy atom. The van der Waals surface area contributed by atoms with Crippen molar-refractivity contribution in [2.45, 2.75) is 39.2 Å². The number of urea groups is 1. The number of carbonyl (C=O) groups excluding carboxylic acids is 2. The van der Waals surface area contributed by atoms with E-state index in [2.05, 4.69) is 24.5 Å². The highest BCUT2D eigenvalue weighted by atomic mass is 35.5. The molecule has 0 unspecified atom stereocenters. The van der Waals surface area contributed by atoms with Crippen molar-refractivity contribution in [2.24, 2.45) is 11.8 Å². The summed E-state index contributed by atoms with van der Waals surface area (Å²) in [7, 11) is 0. The Morgan fingerprint density at radius 1 is 1.31 bits per heavy atom. The van der Waals surface area contributed by atoms with E-state index in [0.29, 0.717) is 11.8 Å². The second-order valence-electron chi connectivity index (χ2n) is 4.53. The van der Waals surface area contributed by atoms with Crippen molar-refractivity contribution in [3.63, 3.8) is 0 Å². The van der Waals surface area contributed by atoms with Gasteiger partial charge in [0.05, 0.1) is 0 Å². The van der Waals surface area contributed by atoms with Gasteiger partial charge >= 0.3 is 6.03 Å². The number of rotatable bonds is 2. The normalized spacial score (nSPS) is 29.6. The highest BCUT2D eigenvalue weighted by Gasteiger charge is 2.28. The molecule has 0 aromatic heterocycles. The minimum absolute atomic E-state index is 0.159. The minimum Gasteiger partial charge on any atom is -0.335 e. The zero-order valence-electron chi connectivity index (χ0n) is 9.75. The molecule has 3 amide bonds. The number of halogens is 1. The second-order valence-corrected chi connectivity index (χ2v) is 4.80. The molecule has 0 radical (unpaired) electrons. The molecule has 1 rings (SSSR count). The summed E-state index contributed by atoms with van der Waals surface area (Å²) < 4.78 is 0. The quantitative estimate of drug-likeness (QED) is 0.731. The van der Waals surface area contributed by atoms with Crippen LogP contribution in [0.1, 0.15) is 33.1 Å². The Kier molecular flexibility index (Phi) is 5.06. The van der Waals surface area contributed by atoms with Gasteiger partial charge in [-0.1, -0.05) is 26.7 Å². The van der Waals surface area contributed by atoms with Crippen molar-refractivity contribution in [3.05, 3.63) is 0 Å². The second kappa shape index (κ2) is 6.09. The van der Waals surface area contributed by atoms with Crippen LogP contribution in [0, 0.1) is 11.8 Å². The zero-order valence-corrected chi connectivity index (χ0v) is 10.5. The van der Waals surface area contributed by atoms with E-state index in [1.165, 1.54) is 6.42 Å². The molecule has 1 aliphatic rings. The third kappa shape index (κ3) is 3.67. The third-order valence-electron chi connectivity index (χ3n) is 3.40. The van der Waals surface area contributed by atoms with Crippen LogP contribution in [0.15, 0.2) is 0 Å². The molecule has 0 aromatic rings. The summed E-state index contributed by atoms with van der Waals surface area (Å²) in [5.41, 5.74) is 0. The van der Waals surface area contributed by atoms with Crippen molar-refractivity contribution >= 4 is 23.5 Å². The van der Waals surface area contributed by atoms with Crippen molar-refractivity contribution in [1.82, 2.24) is 10.6 Å². The Hall–Kier alpha value is -0.770. The van der Waals surface area contributed by atoms with Crippen LogP contribution in [0.3, 0.4) is 0 Å². The summed E-state index contributed by atoms with van der Waals surface area (Å²) in [5.74, 6) is 0.411. The first-order valence-electron chi connectivity index (χ1n) is 5.71. The third-order valence-corrected chi connectivity index (χ3v) is 3.64. The lowest BCUT2D eigenvalue weighted by Crippen LogP contribution is -2.49. The zero-order chi connectivity index (χ0) is 12.1. The number of amides is 3. The van der Waals surface area contributed by atoms with Crippen molar-refractivity contribution in [2.75, 3.05) is 5.88 Å². The molecule has 0 saturated heterocycles. The van der Waals surface area contributed by atoms with Gasteiger partial charge < -0.3 is 5.32 Å². The standard InChI is InChI=1S/C11H19ClN2O2/c1-7-4-3-5-9(8(7)2)13-11(16)14-10(15)6-12/h7-9H,3-6H2,1-2H3,(H2,13,14,15,16)/t7-,8-,9+/m1/s1. The summed E-state index contributed by atoms with van der Waals surface area (Å²) >= 11 is 5.30. The number of hydrogen-bond acceptors (Lipinski definition) is 2. The van der Waals surface area contributed by atoms with E-state index in [4.69, 9.17) is 11.6 Å². The Bertz CT molecular complexity index is 271. The van der Waals surface area contributed by atoms with E-state index < -0.39 is 11.9 Å². The highest BCUT2D eigenvalue weighted by molar-refractivity contribution is 6.28. The van der Waals surface area contributed by atoms with E-state index in [0.717, 1.165) is 12.8 Å². The highest BCUT2D eigenvalue weighted by Crippen LogP contribution is 2.29. The van der Waals surface area contributed by atoms with Gasteiger partial charge in [-0.2, -0.15) is 0 Å². The summed E-state index contributed by atoms with van der Waals surface area (Å²) in [6, 6.07) is -0.275. The maximum Gasteiger partial charge on any atom is 0.321 e. The molecule has 1 saturated carbocycles. The average Bonchev–Trinajstić information content (AvgIpc) is 2.24. The van der Waals surface area contributed by atoms with Crippen LogP contribution in [0.4, 0.5) is 4.79 Å². The number of hydrogen-bond donors (Lipinski definition) is 2. The summed E-state index contributed by atoms with van der Waals surface area (Å²) in [6.07, 6.45) is 3.31. The van der Waals surface area contributed by atoms with E-state index in [1.807, 2.05) is 0 Å². The molecule has 0 spiro atoms. The molecule has 16 heavy (non-hydrogen) atoms. The monoisotopic (exact) mass is 246 g/mol. The fourth-order valence-electron chi connectivity index (χ4n) is 2.15. The molecule has 92 valence electrons. The predicted octanol–water partition coefficient (Wildman–Crippen LogP) is 1.88. The molecule has 3 atom stereocenters. The molecular weight excluding hydrogens is 228 g/mol. The van der Waals surface area contributed by atoms with Crippen molar-refractivity contribution in [1.29, 1.82) is 0 Å². The molecule has 2 N–H and O–H groups in total. The van der Waals surface area contributed by atoms with Crippen LogP contribution in [0.5, 0.6) is 0 Å². The number of nitrogens with one attached hydrogen (secondary N) is 2. The topological polar surface area (TPSA) is 58.2 Å². The van der Waals surface area contributed by atoms with Gasteiger partial charge in [0.25, 0.3) is 0 Å². The van der Waals surface area contributed by atoms with Crippen LogP contribution in [0.2, 0.25) is 0 Å². The predicted molar refractivity (Wildman–Crippen MR) is 63.4 cm³/mol. The fourth-order valence-corrected chi connectivity index (χ4v) is 2.22. The lowest BCUT2D eigenvalue weighted by atomic mass is 9.78. The summed E-state index contributed by atoms with van der Waals surface area (Å²) in [6.45, 7) is 4.33. The fraction of sp³-hybridized carbons (Fsp3) is 0.818. The van der Waals surface area contributed by atoms with Gasteiger partial charge in [-0.15, -0.1) is 11.6 Å². The summed E-state index contributed by atoms with van der Waals surface area (Å²) in [4.78, 5) is 22.3. The van der Waals surface area contributed by atoms with E-state index in [-0.39, 0.29) is 11.9 Å². The SMILES string of the molecule is C[C@@H]1[C@H](C)CCC[C@@H]1NC(=O)NC(=O)CCl. The molecule has 1 aliphatic carbocycles. The molecular formula is C11H19ClN2O2. The molecule has 5 heteroatoms. The van der Waals surface area contributed by atoms with E-state index >= 15 is 0 Å². The summed E-state index contributed by atoms with van der Waals surface area (Å²) in [5, 5.41) is 5.03. The van der Waals surface area contributed by atoms with Gasteiger partial charge in [-0.25, -0.2) is 4.79 Å². The largest absolute Gasteiger partial charge is 0.335 e. The molecule has 4 nitrogen and oxygen atoms in total. The number of imide groups is 1. The van der Waals surface area contributed by atoms with Gasteiger partial charge in [-0.3, -0.25) is 10.1 Å². The van der Waals surface area contributed by atoms with Gasteiger partial charge in [0.1, 0.15) is 5.88 Å². The average molecular weight is 247 g/mol. The molecule has 0 bridgehead atoms. The van der Waals surface area contributed by atoms with E-state index in [9.17, 15) is 9.59 Å². The lowest BCUT2D eigenvalue weighted by Gasteiger charge is -2.34. The molecule has 0 heterocycles. The van der Waals surface area contributed by atoms with Gasteiger partial charge in [-0.05, 0) is 18.3 Å². The van der Waals surface area contributed by atoms with Crippen LogP contribution in [0.25, 0.3) is 0 Å². The Morgan fingerprint density at radius 3 is 2.62 bits per heavy atom. The lowest BCUT2D eigenvalue weighted by molar-refractivity contribution is -0.117. The maximum absolute atomic E-state index is 11.4. The van der Waals surface area contributed by atoms with E-state index in [1.54, 1.807) is 0 Å². The first kappa shape index (κ1) is 13.3. The molecule has 1 fully saturated rings. The van der Waals surface area contributed by atoms with Crippen LogP contribution >= 0.6 is 11.6 Å². The van der Waals surface area contributed by atoms with Crippen LogP contribution in [-0.2, 0) is 4.79 Å².